The molecule has 1 heterocycles. The van der Waals surface area contributed by atoms with Crippen LogP contribution in [0.25, 0.3) is 6.08 Å². The molecule has 236 valence electrons. The maximum Gasteiger partial charge on any atom is 0.289 e. The van der Waals surface area contributed by atoms with Crippen molar-refractivity contribution in [3.63, 3.8) is 0 Å². The molecule has 0 aliphatic carbocycles. The molecule has 1 fully saturated rings. The van der Waals surface area contributed by atoms with Gasteiger partial charge in [-0.15, -0.1) is 6.58 Å². The van der Waals surface area contributed by atoms with Gasteiger partial charge < -0.3 is 30.3 Å². The van der Waals surface area contributed by atoms with E-state index in [2.05, 4.69) is 22.5 Å². The van der Waals surface area contributed by atoms with Gasteiger partial charge in [-0.2, -0.15) is 0 Å². The third-order valence-electron chi connectivity index (χ3n) is 7.30. The van der Waals surface area contributed by atoms with Crippen LogP contribution in [0.3, 0.4) is 0 Å². The molecule has 0 unspecified atom stereocenters. The van der Waals surface area contributed by atoms with E-state index < -0.39 is 41.6 Å². The summed E-state index contributed by atoms with van der Waals surface area (Å²) in [4.78, 5) is 66.2. The third kappa shape index (κ3) is 9.42. The zero-order chi connectivity index (χ0) is 32.1. The second-order valence-electron chi connectivity index (χ2n) is 10.7. The molecular weight excluding hydrogens is 552 g/mol. The normalized spacial score (nSPS) is 16.0. The van der Waals surface area contributed by atoms with Crippen molar-refractivity contribution < 1.29 is 33.4 Å². The van der Waals surface area contributed by atoms with E-state index in [0.29, 0.717) is 43.7 Å². The van der Waals surface area contributed by atoms with Crippen LogP contribution in [-0.4, -0.2) is 79.7 Å². The van der Waals surface area contributed by atoms with Gasteiger partial charge in [-0.1, -0.05) is 40.2 Å². The van der Waals surface area contributed by atoms with Crippen LogP contribution in [0.5, 0.6) is 11.5 Å². The van der Waals surface area contributed by atoms with E-state index in [1.54, 1.807) is 26.4 Å². The Labute approximate surface area is 254 Å². The van der Waals surface area contributed by atoms with Gasteiger partial charge in [0.2, 0.25) is 23.5 Å². The zero-order valence-electron chi connectivity index (χ0n) is 26.2. The van der Waals surface area contributed by atoms with Gasteiger partial charge in [-0.25, -0.2) is 0 Å². The topological polar surface area (TPSA) is 143 Å². The largest absolute Gasteiger partial charge is 0.493 e. The molecule has 2 rings (SSSR count). The highest BCUT2D eigenvalue weighted by Gasteiger charge is 2.39. The Bertz CT molecular complexity index is 1190. The van der Waals surface area contributed by atoms with Crippen LogP contribution >= 0.6 is 0 Å². The van der Waals surface area contributed by atoms with Crippen LogP contribution in [0.15, 0.2) is 30.9 Å². The summed E-state index contributed by atoms with van der Waals surface area (Å²) < 4.78 is 10.9. The Morgan fingerprint density at radius 1 is 1.09 bits per heavy atom. The van der Waals surface area contributed by atoms with E-state index in [0.717, 1.165) is 11.1 Å². The lowest BCUT2D eigenvalue weighted by atomic mass is 10.0. The summed E-state index contributed by atoms with van der Waals surface area (Å²) >= 11 is 0. The number of hydrogen-bond donors (Lipinski definition) is 3. The molecule has 0 aromatic heterocycles. The Hall–Kier alpha value is -4.15. The van der Waals surface area contributed by atoms with Gasteiger partial charge in [0, 0.05) is 19.2 Å². The zero-order valence-corrected chi connectivity index (χ0v) is 26.2. The minimum atomic E-state index is -1.00. The van der Waals surface area contributed by atoms with Gasteiger partial charge in [0.15, 0.2) is 11.5 Å². The lowest BCUT2D eigenvalue weighted by Gasteiger charge is -2.31. The van der Waals surface area contributed by atoms with Gasteiger partial charge in [0.1, 0.15) is 12.1 Å². The monoisotopic (exact) mass is 598 g/mol. The second-order valence-corrected chi connectivity index (χ2v) is 10.7. The van der Waals surface area contributed by atoms with E-state index in [9.17, 15) is 24.0 Å². The number of amides is 4. The molecule has 3 atom stereocenters. The van der Waals surface area contributed by atoms with Crippen molar-refractivity contribution in [1.29, 1.82) is 0 Å². The number of carbonyl (C=O) groups is 5. The van der Waals surface area contributed by atoms with Crippen LogP contribution in [0.4, 0.5) is 0 Å². The minimum absolute atomic E-state index is 0.133. The van der Waals surface area contributed by atoms with Gasteiger partial charge in [-0.3, -0.25) is 24.0 Å². The summed E-state index contributed by atoms with van der Waals surface area (Å²) in [6, 6.07) is 0.975. The van der Waals surface area contributed by atoms with Crippen LogP contribution in [0.1, 0.15) is 64.5 Å². The summed E-state index contributed by atoms with van der Waals surface area (Å²) in [5.74, 6) is -1.94. The van der Waals surface area contributed by atoms with Gasteiger partial charge in [0.25, 0.3) is 5.91 Å². The molecule has 11 heteroatoms. The fourth-order valence-electron chi connectivity index (χ4n) is 5.03. The molecule has 0 radical (unpaired) electrons. The van der Waals surface area contributed by atoms with Crippen LogP contribution < -0.4 is 25.4 Å². The standard InChI is InChI=1S/C32H46N4O7/c1-8-12-23(28(38)31(40)33-16-9-2)34-30(39)24-13-11-17-36(24)32(41)27(20(4)5)35-26(37)15-14-21-18-22(10-3)29(43-7)25(19-21)42-6/h9,14-15,18-20,23-24,27H,2,8,10-13,16-17H2,1,3-7H3,(H,33,40)(H,34,39)(H,35,37)/t23-,24-,27-/m0/s1. The van der Waals surface area contributed by atoms with Gasteiger partial charge >= 0.3 is 0 Å². The molecular formula is C32H46N4O7. The number of nitrogens with one attached hydrogen (secondary N) is 3. The van der Waals surface area contributed by atoms with Crippen molar-refractivity contribution in [2.75, 3.05) is 27.3 Å². The molecule has 1 aromatic carbocycles. The second kappa shape index (κ2) is 17.1. The number of likely N-dealkylation sites (tertiary alicyclic amines) is 1. The highest BCUT2D eigenvalue weighted by atomic mass is 16.5. The maximum atomic E-state index is 13.7. The molecule has 0 bridgehead atoms. The Balaban J connectivity index is 2.16. The molecule has 4 amide bonds. The van der Waals surface area contributed by atoms with E-state index in [1.165, 1.54) is 17.1 Å². The number of carbonyl (C=O) groups excluding carboxylic acids is 5. The number of methoxy groups -OCH3 is 2. The fourth-order valence-corrected chi connectivity index (χ4v) is 5.03. The molecule has 1 saturated heterocycles. The fraction of sp³-hybridized carbons (Fsp3) is 0.531. The molecule has 1 aromatic rings. The van der Waals surface area contributed by atoms with E-state index in [4.69, 9.17) is 9.47 Å². The molecule has 1 aliphatic heterocycles. The lowest BCUT2D eigenvalue weighted by molar-refractivity contribution is -0.143. The number of nitrogens with zero attached hydrogens (tertiary/aromatic N) is 1. The predicted molar refractivity (Wildman–Crippen MR) is 165 cm³/mol. The molecule has 43 heavy (non-hydrogen) atoms. The smallest absolute Gasteiger partial charge is 0.289 e. The average Bonchev–Trinajstić information content (AvgIpc) is 3.50. The Morgan fingerprint density at radius 2 is 1.81 bits per heavy atom. The number of benzene rings is 1. The van der Waals surface area contributed by atoms with Crippen LogP contribution in [-0.2, 0) is 30.4 Å². The number of rotatable bonds is 16. The number of aryl methyl sites for hydroxylation is 1. The molecule has 0 saturated carbocycles. The number of ketones is 1. The van der Waals surface area contributed by atoms with Crippen molar-refractivity contribution in [1.82, 2.24) is 20.9 Å². The lowest BCUT2D eigenvalue weighted by Crippen LogP contribution is -2.57. The first kappa shape index (κ1) is 35.0. The highest BCUT2D eigenvalue weighted by molar-refractivity contribution is 6.38. The van der Waals surface area contributed by atoms with Crippen LogP contribution in [0.2, 0.25) is 0 Å². The van der Waals surface area contributed by atoms with Gasteiger partial charge in [0.05, 0.1) is 20.3 Å². The van der Waals surface area contributed by atoms with Crippen molar-refractivity contribution in [2.45, 2.75) is 77.9 Å². The van der Waals surface area contributed by atoms with Crippen LogP contribution in [0, 0.1) is 5.92 Å². The Morgan fingerprint density at radius 3 is 2.40 bits per heavy atom. The van der Waals surface area contributed by atoms with Crippen molar-refractivity contribution >= 4 is 35.5 Å². The summed E-state index contributed by atoms with van der Waals surface area (Å²) in [6.45, 7) is 11.5. The minimum Gasteiger partial charge on any atom is -0.493 e. The van der Waals surface area contributed by atoms with E-state index in [1.807, 2.05) is 33.8 Å². The van der Waals surface area contributed by atoms with E-state index >= 15 is 0 Å². The number of hydrogen-bond acceptors (Lipinski definition) is 7. The summed E-state index contributed by atoms with van der Waals surface area (Å²) in [5, 5.41) is 7.93. The first-order chi connectivity index (χ1) is 20.5. The molecule has 1 aliphatic rings. The van der Waals surface area contributed by atoms with Crippen molar-refractivity contribution in [3.05, 3.63) is 42.0 Å². The summed E-state index contributed by atoms with van der Waals surface area (Å²) in [5.41, 5.74) is 1.67. The first-order valence-electron chi connectivity index (χ1n) is 14.8. The SMILES string of the molecule is C=CCNC(=O)C(=O)[C@H](CCC)NC(=O)[C@@H]1CCCN1C(=O)[C@@H](NC(=O)C=Cc1cc(CC)c(OC)c(OC)c1)C(C)C. The number of Topliss-reactive ketones (excluding diaryl/α,β-unsaturated/α-hetero) is 1. The summed E-state index contributed by atoms with van der Waals surface area (Å²) in [7, 11) is 3.12. The molecule has 11 nitrogen and oxygen atoms in total. The predicted octanol–water partition coefficient (Wildman–Crippen LogP) is 2.57. The maximum absolute atomic E-state index is 13.7. The summed E-state index contributed by atoms with van der Waals surface area (Å²) in [6.07, 6.45) is 7.01. The quantitative estimate of drug-likeness (QED) is 0.151. The Kier molecular flexibility index (Phi) is 13.9. The highest BCUT2D eigenvalue weighted by Crippen LogP contribution is 2.33. The third-order valence-corrected chi connectivity index (χ3v) is 7.30. The molecule has 0 spiro atoms. The molecule has 3 N–H and O–H groups in total. The van der Waals surface area contributed by atoms with Crippen molar-refractivity contribution in [3.8, 4) is 11.5 Å². The number of ether oxygens (including phenoxy) is 2. The van der Waals surface area contributed by atoms with Gasteiger partial charge in [-0.05, 0) is 60.9 Å². The first-order valence-corrected chi connectivity index (χ1v) is 14.8. The van der Waals surface area contributed by atoms with Crippen molar-refractivity contribution in [2.24, 2.45) is 5.92 Å². The van der Waals surface area contributed by atoms with E-state index in [-0.39, 0.29) is 24.8 Å². The average molecular weight is 599 g/mol.